The average Bonchev–Trinajstić information content (AvgIpc) is 3.03. The second kappa shape index (κ2) is 7.68. The number of sulfone groups is 1. The van der Waals surface area contributed by atoms with Crippen molar-refractivity contribution in [1.82, 2.24) is 4.90 Å². The van der Waals surface area contributed by atoms with Crippen molar-refractivity contribution < 1.29 is 17.9 Å². The standard InChI is InChI=1S/C20H25NO4S/c1-4-25-20-11-15(9-10-19(20)24-2)18(14-26(3,22)23)21-12-16-7-5-6-8-17(16)13-21/h5-11,18H,4,12-14H2,1-3H3. The van der Waals surface area contributed by atoms with E-state index in [4.69, 9.17) is 9.47 Å². The first-order chi connectivity index (χ1) is 12.4. The van der Waals surface area contributed by atoms with E-state index in [-0.39, 0.29) is 11.8 Å². The Labute approximate surface area is 155 Å². The molecule has 0 aromatic heterocycles. The van der Waals surface area contributed by atoms with Gasteiger partial charge in [0.2, 0.25) is 0 Å². The minimum Gasteiger partial charge on any atom is -0.493 e. The zero-order valence-corrected chi connectivity index (χ0v) is 16.3. The molecule has 2 aromatic rings. The summed E-state index contributed by atoms with van der Waals surface area (Å²) >= 11 is 0. The van der Waals surface area contributed by atoms with Gasteiger partial charge in [-0.3, -0.25) is 4.90 Å². The van der Waals surface area contributed by atoms with Crippen LogP contribution in [0, 0.1) is 0 Å². The smallest absolute Gasteiger partial charge is 0.161 e. The molecule has 0 saturated carbocycles. The van der Waals surface area contributed by atoms with Gasteiger partial charge in [-0.15, -0.1) is 0 Å². The average molecular weight is 375 g/mol. The van der Waals surface area contributed by atoms with Gasteiger partial charge < -0.3 is 9.47 Å². The van der Waals surface area contributed by atoms with Crippen molar-refractivity contribution in [3.63, 3.8) is 0 Å². The van der Waals surface area contributed by atoms with Crippen molar-refractivity contribution >= 4 is 9.84 Å². The first-order valence-electron chi connectivity index (χ1n) is 8.70. The Morgan fingerprint density at radius 1 is 1.08 bits per heavy atom. The minimum atomic E-state index is -3.15. The number of fused-ring (bicyclic) bond motifs is 1. The van der Waals surface area contributed by atoms with Crippen LogP contribution in [0.3, 0.4) is 0 Å². The number of benzene rings is 2. The van der Waals surface area contributed by atoms with Gasteiger partial charge in [0.05, 0.1) is 19.5 Å². The van der Waals surface area contributed by atoms with Crippen LogP contribution in [0.15, 0.2) is 42.5 Å². The van der Waals surface area contributed by atoms with Crippen molar-refractivity contribution in [1.29, 1.82) is 0 Å². The van der Waals surface area contributed by atoms with E-state index in [9.17, 15) is 8.42 Å². The number of hydrogen-bond donors (Lipinski definition) is 0. The molecule has 1 heterocycles. The molecular formula is C20H25NO4S. The lowest BCUT2D eigenvalue weighted by molar-refractivity contribution is 0.216. The molecule has 0 bridgehead atoms. The van der Waals surface area contributed by atoms with Gasteiger partial charge >= 0.3 is 0 Å². The molecule has 0 N–H and O–H groups in total. The van der Waals surface area contributed by atoms with Gasteiger partial charge in [0.15, 0.2) is 11.5 Å². The molecule has 1 aliphatic heterocycles. The Bertz CT molecular complexity index is 854. The fraction of sp³-hybridized carbons (Fsp3) is 0.400. The summed E-state index contributed by atoms with van der Waals surface area (Å²) in [5.41, 5.74) is 3.43. The van der Waals surface area contributed by atoms with E-state index in [0.29, 0.717) is 18.1 Å². The highest BCUT2D eigenvalue weighted by atomic mass is 32.2. The van der Waals surface area contributed by atoms with Crippen LogP contribution in [0.25, 0.3) is 0 Å². The van der Waals surface area contributed by atoms with E-state index in [1.54, 1.807) is 7.11 Å². The van der Waals surface area contributed by atoms with Crippen LogP contribution >= 0.6 is 0 Å². The van der Waals surface area contributed by atoms with Crippen molar-refractivity contribution in [2.24, 2.45) is 0 Å². The van der Waals surface area contributed by atoms with E-state index < -0.39 is 9.84 Å². The van der Waals surface area contributed by atoms with Gasteiger partial charge in [-0.25, -0.2) is 8.42 Å². The summed E-state index contributed by atoms with van der Waals surface area (Å²) in [6, 6.07) is 13.7. The molecule has 0 aliphatic carbocycles. The quantitative estimate of drug-likeness (QED) is 0.744. The number of ether oxygens (including phenoxy) is 2. The van der Waals surface area contributed by atoms with Gasteiger partial charge in [-0.05, 0) is 35.7 Å². The highest BCUT2D eigenvalue weighted by Gasteiger charge is 2.30. The monoisotopic (exact) mass is 375 g/mol. The molecule has 0 saturated heterocycles. The molecular weight excluding hydrogens is 350 g/mol. The maximum atomic E-state index is 12.1. The molecule has 26 heavy (non-hydrogen) atoms. The van der Waals surface area contributed by atoms with Crippen molar-refractivity contribution in [3.05, 3.63) is 59.2 Å². The molecule has 1 unspecified atom stereocenters. The Morgan fingerprint density at radius 3 is 2.27 bits per heavy atom. The molecule has 2 aromatic carbocycles. The van der Waals surface area contributed by atoms with Crippen LogP contribution in [-0.2, 0) is 22.9 Å². The number of hydrogen-bond acceptors (Lipinski definition) is 5. The molecule has 0 radical (unpaired) electrons. The Morgan fingerprint density at radius 2 is 1.73 bits per heavy atom. The topological polar surface area (TPSA) is 55.8 Å². The Balaban J connectivity index is 1.96. The van der Waals surface area contributed by atoms with Crippen molar-refractivity contribution in [3.8, 4) is 11.5 Å². The fourth-order valence-corrected chi connectivity index (χ4v) is 4.42. The predicted octanol–water partition coefficient (Wildman–Crippen LogP) is 3.20. The second-order valence-corrected chi connectivity index (χ2v) is 8.81. The lowest BCUT2D eigenvalue weighted by Gasteiger charge is -2.28. The summed E-state index contributed by atoms with van der Waals surface area (Å²) in [7, 11) is -1.55. The molecule has 0 amide bonds. The van der Waals surface area contributed by atoms with E-state index >= 15 is 0 Å². The van der Waals surface area contributed by atoms with Gasteiger partial charge in [-0.2, -0.15) is 0 Å². The number of methoxy groups -OCH3 is 1. The van der Waals surface area contributed by atoms with Crippen LogP contribution in [0.1, 0.15) is 29.7 Å². The summed E-state index contributed by atoms with van der Waals surface area (Å²) in [6.45, 7) is 3.92. The second-order valence-electron chi connectivity index (χ2n) is 6.63. The number of nitrogens with zero attached hydrogens (tertiary/aromatic N) is 1. The molecule has 5 nitrogen and oxygen atoms in total. The molecule has 6 heteroatoms. The lowest BCUT2D eigenvalue weighted by Crippen LogP contribution is -2.29. The highest BCUT2D eigenvalue weighted by Crippen LogP contribution is 2.36. The molecule has 0 fully saturated rings. The molecule has 1 aliphatic rings. The van der Waals surface area contributed by atoms with Crippen LogP contribution in [0.5, 0.6) is 11.5 Å². The Kier molecular flexibility index (Phi) is 5.53. The summed E-state index contributed by atoms with van der Waals surface area (Å²) in [5, 5.41) is 0. The SMILES string of the molecule is CCOc1cc(C(CS(C)(=O)=O)N2Cc3ccccc3C2)ccc1OC. The third-order valence-corrected chi connectivity index (χ3v) is 5.56. The maximum Gasteiger partial charge on any atom is 0.161 e. The number of rotatable bonds is 7. The van der Waals surface area contributed by atoms with Crippen LogP contribution in [-0.4, -0.2) is 39.0 Å². The van der Waals surface area contributed by atoms with Gasteiger partial charge in [-0.1, -0.05) is 30.3 Å². The van der Waals surface area contributed by atoms with Crippen LogP contribution < -0.4 is 9.47 Å². The maximum absolute atomic E-state index is 12.1. The molecule has 1 atom stereocenters. The molecule has 140 valence electrons. The van der Waals surface area contributed by atoms with Crippen molar-refractivity contribution in [2.75, 3.05) is 25.7 Å². The summed E-state index contributed by atoms with van der Waals surface area (Å²) < 4.78 is 35.2. The Hall–Kier alpha value is -2.05. The third kappa shape index (κ3) is 4.19. The van der Waals surface area contributed by atoms with Crippen LogP contribution in [0.4, 0.5) is 0 Å². The van der Waals surface area contributed by atoms with Crippen molar-refractivity contribution in [2.45, 2.75) is 26.1 Å². The lowest BCUT2D eigenvalue weighted by atomic mass is 10.1. The zero-order valence-electron chi connectivity index (χ0n) is 15.4. The van der Waals surface area contributed by atoms with Gasteiger partial charge in [0.25, 0.3) is 0 Å². The first-order valence-corrected chi connectivity index (χ1v) is 10.8. The third-order valence-electron chi connectivity index (χ3n) is 4.64. The summed E-state index contributed by atoms with van der Waals surface area (Å²) in [6.07, 6.45) is 1.29. The first kappa shape index (κ1) is 18.7. The van der Waals surface area contributed by atoms with E-state index in [0.717, 1.165) is 18.7 Å². The predicted molar refractivity (Wildman–Crippen MR) is 102 cm³/mol. The summed E-state index contributed by atoms with van der Waals surface area (Å²) in [4.78, 5) is 2.21. The van der Waals surface area contributed by atoms with E-state index in [2.05, 4.69) is 17.0 Å². The van der Waals surface area contributed by atoms with E-state index in [1.165, 1.54) is 17.4 Å². The normalized spacial score (nSPS) is 15.5. The van der Waals surface area contributed by atoms with Gasteiger partial charge in [0.1, 0.15) is 9.84 Å². The van der Waals surface area contributed by atoms with E-state index in [1.807, 2.05) is 37.3 Å². The van der Waals surface area contributed by atoms with Gasteiger partial charge in [0, 0.05) is 25.4 Å². The highest BCUT2D eigenvalue weighted by molar-refractivity contribution is 7.90. The summed E-state index contributed by atoms with van der Waals surface area (Å²) in [5.74, 6) is 1.36. The largest absolute Gasteiger partial charge is 0.493 e. The van der Waals surface area contributed by atoms with Crippen LogP contribution in [0.2, 0.25) is 0 Å². The molecule has 0 spiro atoms. The zero-order chi connectivity index (χ0) is 18.7. The fourth-order valence-electron chi connectivity index (χ4n) is 3.45. The minimum absolute atomic E-state index is 0.0683. The molecule has 3 rings (SSSR count).